The maximum absolute atomic E-state index is 12.8. The highest BCUT2D eigenvalue weighted by molar-refractivity contribution is 5.92. The smallest absolute Gasteiger partial charge is 0.328 e. The van der Waals surface area contributed by atoms with Gasteiger partial charge in [-0.25, -0.2) is 0 Å². The van der Waals surface area contributed by atoms with Crippen LogP contribution in [0.4, 0.5) is 18.9 Å². The lowest BCUT2D eigenvalue weighted by atomic mass is 10.1. The molecule has 1 saturated carbocycles. The quantitative estimate of drug-likeness (QED) is 0.877. The lowest BCUT2D eigenvalue weighted by Crippen LogP contribution is -2.23. The first-order valence-electron chi connectivity index (χ1n) is 6.51. The molecule has 0 aromatic heterocycles. The Kier molecular flexibility index (Phi) is 4.04. The zero-order valence-electron chi connectivity index (χ0n) is 11.1. The molecule has 0 spiro atoms. The summed E-state index contributed by atoms with van der Waals surface area (Å²) in [6, 6.07) is 3.83. The number of rotatable bonds is 2. The number of aryl methyl sites for hydroxylation is 1. The van der Waals surface area contributed by atoms with Crippen LogP contribution in [-0.2, 0) is 11.0 Å². The number of hydrogen-bond donors (Lipinski definition) is 2. The number of nitrogens with two attached hydrogens (primary N) is 1. The van der Waals surface area contributed by atoms with E-state index in [1.54, 1.807) is 0 Å². The van der Waals surface area contributed by atoms with Crippen LogP contribution in [0, 0.1) is 12.8 Å². The van der Waals surface area contributed by atoms with Gasteiger partial charge in [0.2, 0.25) is 5.91 Å². The fraction of sp³-hybridized carbons (Fsp3) is 0.500. The SMILES string of the molecule is Cc1ccc(NC(=O)C2CCC(N)C2)cc1C(F)(F)F. The number of alkyl halides is 3. The monoisotopic (exact) mass is 286 g/mol. The molecule has 0 bridgehead atoms. The highest BCUT2D eigenvalue weighted by atomic mass is 19.4. The van der Waals surface area contributed by atoms with Crippen molar-refractivity contribution >= 4 is 11.6 Å². The Labute approximate surface area is 115 Å². The van der Waals surface area contributed by atoms with Crippen molar-refractivity contribution in [3.8, 4) is 0 Å². The van der Waals surface area contributed by atoms with Crippen LogP contribution in [0.2, 0.25) is 0 Å². The predicted molar refractivity (Wildman–Crippen MR) is 70.1 cm³/mol. The van der Waals surface area contributed by atoms with Gasteiger partial charge in [-0.2, -0.15) is 13.2 Å². The second kappa shape index (κ2) is 5.44. The maximum atomic E-state index is 12.8. The second-order valence-electron chi connectivity index (χ2n) is 5.29. The van der Waals surface area contributed by atoms with Crippen LogP contribution in [0.1, 0.15) is 30.4 Å². The minimum atomic E-state index is -4.42. The largest absolute Gasteiger partial charge is 0.416 e. The molecule has 110 valence electrons. The Morgan fingerprint density at radius 3 is 2.60 bits per heavy atom. The van der Waals surface area contributed by atoms with Crippen molar-refractivity contribution in [3.63, 3.8) is 0 Å². The second-order valence-corrected chi connectivity index (χ2v) is 5.29. The number of benzene rings is 1. The molecule has 3 N–H and O–H groups in total. The number of anilines is 1. The summed E-state index contributed by atoms with van der Waals surface area (Å²) < 4.78 is 38.4. The van der Waals surface area contributed by atoms with E-state index in [1.807, 2.05) is 0 Å². The van der Waals surface area contributed by atoms with E-state index >= 15 is 0 Å². The number of halogens is 3. The molecule has 1 aliphatic carbocycles. The highest BCUT2D eigenvalue weighted by Gasteiger charge is 2.33. The van der Waals surface area contributed by atoms with Gasteiger partial charge >= 0.3 is 6.18 Å². The minimum absolute atomic E-state index is 0.00880. The van der Waals surface area contributed by atoms with Gasteiger partial charge in [0.15, 0.2) is 0 Å². The van der Waals surface area contributed by atoms with E-state index in [2.05, 4.69) is 5.32 Å². The summed E-state index contributed by atoms with van der Waals surface area (Å²) in [5, 5.41) is 2.55. The van der Waals surface area contributed by atoms with Crippen LogP contribution >= 0.6 is 0 Å². The van der Waals surface area contributed by atoms with E-state index in [-0.39, 0.29) is 29.1 Å². The third-order valence-electron chi connectivity index (χ3n) is 3.65. The van der Waals surface area contributed by atoms with Crippen LogP contribution < -0.4 is 11.1 Å². The van der Waals surface area contributed by atoms with Crippen LogP contribution in [0.5, 0.6) is 0 Å². The molecule has 3 nitrogen and oxygen atoms in total. The molecule has 1 fully saturated rings. The normalized spacial score (nSPS) is 22.9. The average molecular weight is 286 g/mol. The van der Waals surface area contributed by atoms with Crippen LogP contribution in [0.3, 0.4) is 0 Å². The van der Waals surface area contributed by atoms with E-state index in [0.717, 1.165) is 12.5 Å². The van der Waals surface area contributed by atoms with Crippen molar-refractivity contribution in [1.29, 1.82) is 0 Å². The van der Waals surface area contributed by atoms with E-state index in [4.69, 9.17) is 5.73 Å². The Morgan fingerprint density at radius 2 is 2.05 bits per heavy atom. The minimum Gasteiger partial charge on any atom is -0.328 e. The van der Waals surface area contributed by atoms with Gasteiger partial charge in [0, 0.05) is 17.6 Å². The third kappa shape index (κ3) is 3.30. The third-order valence-corrected chi connectivity index (χ3v) is 3.65. The summed E-state index contributed by atoms with van der Waals surface area (Å²) >= 11 is 0. The molecule has 0 aliphatic heterocycles. The van der Waals surface area contributed by atoms with E-state index < -0.39 is 11.7 Å². The Balaban J connectivity index is 2.12. The van der Waals surface area contributed by atoms with Crippen LogP contribution in [-0.4, -0.2) is 11.9 Å². The highest BCUT2D eigenvalue weighted by Crippen LogP contribution is 2.34. The first kappa shape index (κ1) is 14.8. The molecule has 2 atom stereocenters. The maximum Gasteiger partial charge on any atom is 0.416 e. The Hall–Kier alpha value is -1.56. The zero-order valence-corrected chi connectivity index (χ0v) is 11.1. The van der Waals surface area contributed by atoms with Gasteiger partial charge < -0.3 is 11.1 Å². The van der Waals surface area contributed by atoms with Crippen molar-refractivity contribution in [2.24, 2.45) is 11.7 Å². The number of carbonyl (C=O) groups is 1. The van der Waals surface area contributed by atoms with Gasteiger partial charge in [-0.15, -0.1) is 0 Å². The van der Waals surface area contributed by atoms with Crippen LogP contribution in [0.25, 0.3) is 0 Å². The standard InChI is InChI=1S/C14H17F3N2O/c1-8-2-5-11(7-12(8)14(15,16)17)19-13(20)9-3-4-10(18)6-9/h2,5,7,9-10H,3-4,6,18H2,1H3,(H,19,20). The fourth-order valence-electron chi connectivity index (χ4n) is 2.50. The van der Waals surface area contributed by atoms with Crippen molar-refractivity contribution in [2.75, 3.05) is 5.32 Å². The summed E-state index contributed by atoms with van der Waals surface area (Å²) in [5.41, 5.74) is 5.32. The predicted octanol–water partition coefficient (Wildman–Crippen LogP) is 3.08. The summed E-state index contributed by atoms with van der Waals surface area (Å²) in [6.07, 6.45) is -2.37. The van der Waals surface area contributed by atoms with Gasteiger partial charge in [-0.1, -0.05) is 6.07 Å². The molecule has 0 saturated heterocycles. The number of hydrogen-bond acceptors (Lipinski definition) is 2. The van der Waals surface area contributed by atoms with Gasteiger partial charge in [0.05, 0.1) is 5.56 Å². The van der Waals surface area contributed by atoms with Gasteiger partial charge in [0.25, 0.3) is 0 Å². The van der Waals surface area contributed by atoms with E-state index in [9.17, 15) is 18.0 Å². The van der Waals surface area contributed by atoms with Crippen molar-refractivity contribution < 1.29 is 18.0 Å². The molecule has 0 heterocycles. The number of amides is 1. The summed E-state index contributed by atoms with van der Waals surface area (Å²) in [7, 11) is 0. The first-order valence-corrected chi connectivity index (χ1v) is 6.51. The lowest BCUT2D eigenvalue weighted by Gasteiger charge is -2.14. The van der Waals surface area contributed by atoms with Crippen molar-refractivity contribution in [1.82, 2.24) is 0 Å². The average Bonchev–Trinajstić information content (AvgIpc) is 2.77. The molecule has 1 aliphatic rings. The molecular formula is C14H17F3N2O. The van der Waals surface area contributed by atoms with Gasteiger partial charge in [-0.05, 0) is 43.9 Å². The summed E-state index contributed by atoms with van der Waals surface area (Å²) in [5.74, 6) is -0.462. The van der Waals surface area contributed by atoms with Crippen LogP contribution in [0.15, 0.2) is 18.2 Å². The topological polar surface area (TPSA) is 55.1 Å². The molecule has 2 unspecified atom stereocenters. The molecule has 20 heavy (non-hydrogen) atoms. The molecule has 1 amide bonds. The van der Waals surface area contributed by atoms with E-state index in [1.165, 1.54) is 19.1 Å². The zero-order chi connectivity index (χ0) is 14.9. The molecule has 0 radical (unpaired) electrons. The Morgan fingerprint density at radius 1 is 1.35 bits per heavy atom. The van der Waals surface area contributed by atoms with Crippen molar-refractivity contribution in [2.45, 2.75) is 38.4 Å². The molecule has 2 rings (SSSR count). The van der Waals surface area contributed by atoms with Crippen molar-refractivity contribution in [3.05, 3.63) is 29.3 Å². The summed E-state index contributed by atoms with van der Waals surface area (Å²) in [4.78, 5) is 12.0. The lowest BCUT2D eigenvalue weighted by molar-refractivity contribution is -0.138. The number of carbonyl (C=O) groups excluding carboxylic acids is 1. The molecular weight excluding hydrogens is 269 g/mol. The summed E-state index contributed by atoms with van der Waals surface area (Å²) in [6.45, 7) is 1.39. The fourth-order valence-corrected chi connectivity index (χ4v) is 2.50. The van der Waals surface area contributed by atoms with Gasteiger partial charge in [-0.3, -0.25) is 4.79 Å². The molecule has 1 aromatic carbocycles. The number of nitrogens with one attached hydrogen (secondary N) is 1. The molecule has 6 heteroatoms. The molecule has 1 aromatic rings. The van der Waals surface area contributed by atoms with Gasteiger partial charge in [0.1, 0.15) is 0 Å². The van der Waals surface area contributed by atoms with E-state index in [0.29, 0.717) is 12.8 Å². The first-order chi connectivity index (χ1) is 9.27. The Bertz CT molecular complexity index is 514.